The van der Waals surface area contributed by atoms with Gasteiger partial charge in [-0.2, -0.15) is 5.10 Å². The number of aryl methyl sites for hydroxylation is 1. The van der Waals surface area contributed by atoms with E-state index in [2.05, 4.69) is 42.4 Å². The Hall–Kier alpha value is -2.97. The summed E-state index contributed by atoms with van der Waals surface area (Å²) in [4.78, 5) is 24.4. The van der Waals surface area contributed by atoms with Gasteiger partial charge in [-0.1, -0.05) is 44.0 Å². The van der Waals surface area contributed by atoms with Crippen LogP contribution in [0.15, 0.2) is 80.8 Å². The minimum Gasteiger partial charge on any atom is -0.484 e. The van der Waals surface area contributed by atoms with E-state index in [-0.39, 0.29) is 6.61 Å². The molecule has 0 aliphatic heterocycles. The van der Waals surface area contributed by atoms with Crippen LogP contribution in [-0.2, 0) is 4.79 Å². The van der Waals surface area contributed by atoms with Crippen LogP contribution < -0.4 is 14.9 Å². The molecule has 3 aromatic rings. The maximum Gasteiger partial charge on any atom is 0.343 e. The third-order valence-electron chi connectivity index (χ3n) is 4.01. The van der Waals surface area contributed by atoms with Gasteiger partial charge in [-0.15, -0.1) is 0 Å². The summed E-state index contributed by atoms with van der Waals surface area (Å²) in [5.74, 6) is -0.000360. The lowest BCUT2D eigenvalue weighted by Gasteiger charge is -2.08. The van der Waals surface area contributed by atoms with Crippen molar-refractivity contribution in [3.63, 3.8) is 0 Å². The van der Waals surface area contributed by atoms with Crippen LogP contribution in [0.2, 0.25) is 0 Å². The lowest BCUT2D eigenvalue weighted by Crippen LogP contribution is -2.24. The van der Waals surface area contributed by atoms with E-state index in [1.807, 2.05) is 25.1 Å². The molecule has 0 spiro atoms. The number of esters is 1. The van der Waals surface area contributed by atoms with E-state index in [9.17, 15) is 9.59 Å². The maximum absolute atomic E-state index is 12.4. The molecule has 1 amide bonds. The van der Waals surface area contributed by atoms with Gasteiger partial charge in [-0.25, -0.2) is 10.2 Å². The summed E-state index contributed by atoms with van der Waals surface area (Å²) in [5, 5.41) is 3.94. The predicted molar refractivity (Wildman–Crippen MR) is 126 cm³/mol. The van der Waals surface area contributed by atoms with Gasteiger partial charge < -0.3 is 9.47 Å². The molecule has 0 fully saturated rings. The molecule has 6 nitrogen and oxygen atoms in total. The average molecular weight is 546 g/mol. The van der Waals surface area contributed by atoms with Gasteiger partial charge in [-0.3, -0.25) is 4.79 Å². The number of carbonyl (C=O) groups is 2. The predicted octanol–water partition coefficient (Wildman–Crippen LogP) is 5.27. The molecule has 31 heavy (non-hydrogen) atoms. The molecule has 0 atom stereocenters. The van der Waals surface area contributed by atoms with Crippen LogP contribution in [0.5, 0.6) is 11.5 Å². The molecule has 3 rings (SSSR count). The van der Waals surface area contributed by atoms with Crippen molar-refractivity contribution in [2.45, 2.75) is 6.92 Å². The molecule has 1 N–H and O–H groups in total. The lowest BCUT2D eigenvalue weighted by molar-refractivity contribution is -0.123. The summed E-state index contributed by atoms with van der Waals surface area (Å²) in [6.07, 6.45) is 1.40. The van der Waals surface area contributed by atoms with Crippen LogP contribution in [0.1, 0.15) is 21.5 Å². The van der Waals surface area contributed by atoms with Crippen LogP contribution in [0.3, 0.4) is 0 Å². The van der Waals surface area contributed by atoms with E-state index >= 15 is 0 Å². The topological polar surface area (TPSA) is 77.0 Å². The van der Waals surface area contributed by atoms with Gasteiger partial charge in [0.2, 0.25) is 0 Å². The van der Waals surface area contributed by atoms with E-state index in [4.69, 9.17) is 9.47 Å². The number of nitrogens with one attached hydrogen (secondary N) is 1. The largest absolute Gasteiger partial charge is 0.484 e. The Morgan fingerprint density at radius 2 is 1.74 bits per heavy atom. The zero-order valence-corrected chi connectivity index (χ0v) is 19.6. The fourth-order valence-electron chi connectivity index (χ4n) is 2.52. The van der Waals surface area contributed by atoms with Crippen molar-refractivity contribution in [2.24, 2.45) is 5.10 Å². The Morgan fingerprint density at radius 3 is 2.48 bits per heavy atom. The summed E-state index contributed by atoms with van der Waals surface area (Å²) in [5.41, 5.74) is 4.36. The van der Waals surface area contributed by atoms with Gasteiger partial charge in [-0.05, 0) is 67.1 Å². The van der Waals surface area contributed by atoms with Crippen LogP contribution in [-0.4, -0.2) is 24.7 Å². The fraction of sp³-hybridized carbons (Fsp3) is 0.0870. The van der Waals surface area contributed by atoms with Crippen LogP contribution >= 0.6 is 31.9 Å². The number of hydrogen-bond acceptors (Lipinski definition) is 5. The number of nitrogens with zero attached hydrogens (tertiary/aromatic N) is 1. The molecule has 0 saturated heterocycles. The van der Waals surface area contributed by atoms with Crippen LogP contribution in [0.25, 0.3) is 0 Å². The first-order valence-electron chi connectivity index (χ1n) is 9.19. The molecule has 0 radical (unpaired) electrons. The molecule has 0 bridgehead atoms. The van der Waals surface area contributed by atoms with Crippen LogP contribution in [0.4, 0.5) is 0 Å². The molecular weight excluding hydrogens is 528 g/mol. The van der Waals surface area contributed by atoms with Crippen molar-refractivity contribution in [2.75, 3.05) is 6.61 Å². The first-order valence-corrected chi connectivity index (χ1v) is 10.8. The minimum absolute atomic E-state index is 0.176. The smallest absolute Gasteiger partial charge is 0.343 e. The number of benzene rings is 3. The van der Waals surface area contributed by atoms with Crippen molar-refractivity contribution in [3.05, 3.63) is 92.4 Å². The second-order valence-electron chi connectivity index (χ2n) is 6.48. The second-order valence-corrected chi connectivity index (χ2v) is 8.31. The summed E-state index contributed by atoms with van der Waals surface area (Å²) < 4.78 is 12.6. The number of halogens is 2. The molecule has 0 saturated carbocycles. The number of carbonyl (C=O) groups excluding carboxylic acids is 2. The molecule has 3 aromatic carbocycles. The standard InChI is InChI=1S/C23H18Br2N2O4/c1-15-3-2-4-20(11-15)30-14-22(28)27-26-13-17-12-19(25)9-10-21(17)31-23(29)16-5-7-18(24)8-6-16/h2-13H,14H2,1H3,(H,27,28)/b26-13+. The minimum atomic E-state index is -0.500. The first-order chi connectivity index (χ1) is 14.9. The number of amides is 1. The molecule has 0 aromatic heterocycles. The highest BCUT2D eigenvalue weighted by atomic mass is 79.9. The quantitative estimate of drug-likeness (QED) is 0.190. The Balaban J connectivity index is 1.61. The van der Waals surface area contributed by atoms with Gasteiger partial charge >= 0.3 is 5.97 Å². The van der Waals surface area contributed by atoms with Crippen LogP contribution in [0, 0.1) is 6.92 Å². The number of rotatable bonds is 7. The first kappa shape index (κ1) is 22.7. The van der Waals surface area contributed by atoms with Crippen molar-refractivity contribution in [1.29, 1.82) is 0 Å². The third kappa shape index (κ3) is 7.04. The van der Waals surface area contributed by atoms with E-state index < -0.39 is 11.9 Å². The fourth-order valence-corrected chi connectivity index (χ4v) is 3.16. The second kappa shape index (κ2) is 10.9. The maximum atomic E-state index is 12.4. The Labute approximate surface area is 196 Å². The number of ether oxygens (including phenoxy) is 2. The molecule has 8 heteroatoms. The summed E-state index contributed by atoms with van der Waals surface area (Å²) in [7, 11) is 0. The Kier molecular flexibility index (Phi) is 7.97. The molecule has 158 valence electrons. The van der Waals surface area contributed by atoms with Gasteiger partial charge in [0, 0.05) is 14.5 Å². The van der Waals surface area contributed by atoms with Gasteiger partial charge in [0.1, 0.15) is 11.5 Å². The molecule has 0 aliphatic rings. The zero-order valence-electron chi connectivity index (χ0n) is 16.5. The Bertz CT molecular complexity index is 1110. The highest BCUT2D eigenvalue weighted by Gasteiger charge is 2.12. The van der Waals surface area contributed by atoms with Gasteiger partial charge in [0.15, 0.2) is 6.61 Å². The van der Waals surface area contributed by atoms with E-state index in [1.54, 1.807) is 48.5 Å². The van der Waals surface area contributed by atoms with E-state index in [1.165, 1.54) is 6.21 Å². The molecule has 0 unspecified atom stereocenters. The molecule has 0 heterocycles. The average Bonchev–Trinajstić information content (AvgIpc) is 2.74. The highest BCUT2D eigenvalue weighted by molar-refractivity contribution is 9.10. The number of hydrogen-bond donors (Lipinski definition) is 1. The van der Waals surface area contributed by atoms with E-state index in [0.29, 0.717) is 22.6 Å². The zero-order chi connectivity index (χ0) is 22.2. The van der Waals surface area contributed by atoms with Crippen molar-refractivity contribution >= 4 is 50.0 Å². The SMILES string of the molecule is Cc1cccc(OCC(=O)N/N=C/c2cc(Br)ccc2OC(=O)c2ccc(Br)cc2)c1. The number of hydrazone groups is 1. The lowest BCUT2D eigenvalue weighted by atomic mass is 10.2. The monoisotopic (exact) mass is 544 g/mol. The van der Waals surface area contributed by atoms with Crippen molar-refractivity contribution < 1.29 is 19.1 Å². The summed E-state index contributed by atoms with van der Waals surface area (Å²) >= 11 is 6.71. The molecule has 0 aliphatic carbocycles. The van der Waals surface area contributed by atoms with Crippen molar-refractivity contribution in [3.8, 4) is 11.5 Å². The normalized spacial score (nSPS) is 10.7. The van der Waals surface area contributed by atoms with E-state index in [0.717, 1.165) is 14.5 Å². The van der Waals surface area contributed by atoms with Gasteiger partial charge in [0.25, 0.3) is 5.91 Å². The summed E-state index contributed by atoms with van der Waals surface area (Å²) in [6.45, 7) is 1.76. The molecular formula is C23H18Br2N2O4. The Morgan fingerprint density at radius 1 is 1.00 bits per heavy atom. The third-order valence-corrected chi connectivity index (χ3v) is 5.03. The van der Waals surface area contributed by atoms with Crippen molar-refractivity contribution in [1.82, 2.24) is 5.43 Å². The summed E-state index contributed by atoms with van der Waals surface area (Å²) in [6, 6.07) is 19.4. The highest BCUT2D eigenvalue weighted by Crippen LogP contribution is 2.23. The van der Waals surface area contributed by atoms with Gasteiger partial charge in [0.05, 0.1) is 11.8 Å².